The van der Waals surface area contributed by atoms with Crippen LogP contribution in [0.1, 0.15) is 32.8 Å². The first-order valence-electron chi connectivity index (χ1n) is 12.6. The Morgan fingerprint density at radius 2 is 1.64 bits per heavy atom. The molecule has 0 radical (unpaired) electrons. The highest BCUT2D eigenvalue weighted by Crippen LogP contribution is 2.28. The maximum Gasteiger partial charge on any atom is 0.264 e. The quantitative estimate of drug-likeness (QED) is 0.334. The van der Waals surface area contributed by atoms with Crippen LogP contribution in [0.3, 0.4) is 0 Å². The third-order valence-corrected chi connectivity index (χ3v) is 8.06. The molecule has 0 heterocycles. The van der Waals surface area contributed by atoms with Crippen molar-refractivity contribution >= 4 is 39.1 Å². The Balaban J connectivity index is 2.05. The van der Waals surface area contributed by atoms with Crippen molar-refractivity contribution in [1.29, 1.82) is 0 Å². The predicted octanol–water partition coefficient (Wildman–Crippen LogP) is 4.88. The van der Waals surface area contributed by atoms with E-state index in [0.717, 1.165) is 9.87 Å². The van der Waals surface area contributed by atoms with Crippen molar-refractivity contribution in [1.82, 2.24) is 10.2 Å². The van der Waals surface area contributed by atoms with E-state index in [1.165, 1.54) is 42.3 Å². The molecule has 0 aliphatic rings. The van der Waals surface area contributed by atoms with Gasteiger partial charge in [0.05, 0.1) is 17.7 Å². The standard InChI is InChI=1S/C29H34ClN3O5S/c1-5-27(29(35)31-21(2)3)32(19-22-10-7-6-8-11-22)28(34)20-33(24-13-9-12-23(30)18-24)39(36,37)26-16-14-25(38-4)15-17-26/h6-18,21,27H,5,19-20H2,1-4H3,(H,31,35)/t27-/m1/s1. The largest absolute Gasteiger partial charge is 0.497 e. The first-order valence-corrected chi connectivity index (χ1v) is 14.4. The van der Waals surface area contributed by atoms with Gasteiger partial charge in [-0.2, -0.15) is 0 Å². The Labute approximate surface area is 235 Å². The van der Waals surface area contributed by atoms with Crippen molar-refractivity contribution in [2.75, 3.05) is 18.0 Å². The van der Waals surface area contributed by atoms with E-state index in [1.807, 2.05) is 51.1 Å². The molecular formula is C29H34ClN3O5S. The van der Waals surface area contributed by atoms with Crippen LogP contribution in [-0.4, -0.2) is 50.9 Å². The zero-order chi connectivity index (χ0) is 28.6. The summed E-state index contributed by atoms with van der Waals surface area (Å²) >= 11 is 6.21. The van der Waals surface area contributed by atoms with Crippen LogP contribution in [0.15, 0.2) is 83.8 Å². The first kappa shape index (κ1) is 30.0. The van der Waals surface area contributed by atoms with Crippen LogP contribution in [0.25, 0.3) is 0 Å². The lowest BCUT2D eigenvalue weighted by Gasteiger charge is -2.33. The molecule has 0 unspecified atom stereocenters. The molecule has 10 heteroatoms. The van der Waals surface area contributed by atoms with Gasteiger partial charge in [-0.3, -0.25) is 13.9 Å². The number of nitrogens with zero attached hydrogens (tertiary/aromatic N) is 2. The van der Waals surface area contributed by atoms with E-state index in [2.05, 4.69) is 5.32 Å². The zero-order valence-corrected chi connectivity index (χ0v) is 24.1. The maximum absolute atomic E-state index is 14.0. The van der Waals surface area contributed by atoms with E-state index in [1.54, 1.807) is 18.2 Å². The van der Waals surface area contributed by atoms with Gasteiger partial charge < -0.3 is 15.0 Å². The van der Waals surface area contributed by atoms with Gasteiger partial charge in [0.1, 0.15) is 18.3 Å². The number of sulfonamides is 1. The number of halogens is 1. The molecule has 0 spiro atoms. The Morgan fingerprint density at radius 3 is 2.21 bits per heavy atom. The lowest BCUT2D eigenvalue weighted by molar-refractivity contribution is -0.140. The van der Waals surface area contributed by atoms with E-state index < -0.39 is 28.5 Å². The smallest absolute Gasteiger partial charge is 0.264 e. The molecule has 1 atom stereocenters. The summed E-state index contributed by atoms with van der Waals surface area (Å²) in [6, 6.07) is 20.6. The predicted molar refractivity (Wildman–Crippen MR) is 153 cm³/mol. The fourth-order valence-corrected chi connectivity index (χ4v) is 5.71. The number of anilines is 1. The zero-order valence-electron chi connectivity index (χ0n) is 22.5. The fourth-order valence-electron chi connectivity index (χ4n) is 4.12. The second-order valence-electron chi connectivity index (χ2n) is 9.26. The number of amides is 2. The molecule has 2 amide bonds. The third-order valence-electron chi connectivity index (χ3n) is 6.04. The number of methoxy groups -OCH3 is 1. The molecule has 0 aliphatic heterocycles. The van der Waals surface area contributed by atoms with Crippen molar-refractivity contribution in [3.05, 3.63) is 89.4 Å². The molecular weight excluding hydrogens is 538 g/mol. The molecule has 0 aliphatic carbocycles. The van der Waals surface area contributed by atoms with Gasteiger partial charge in [0.2, 0.25) is 11.8 Å². The normalized spacial score (nSPS) is 12.1. The Bertz CT molecular complexity index is 1370. The molecule has 3 aromatic rings. The van der Waals surface area contributed by atoms with Crippen molar-refractivity contribution in [3.8, 4) is 5.75 Å². The summed E-state index contributed by atoms with van der Waals surface area (Å²) < 4.78 is 33.9. The van der Waals surface area contributed by atoms with Crippen LogP contribution in [0.2, 0.25) is 5.02 Å². The number of hydrogen-bond acceptors (Lipinski definition) is 5. The minimum atomic E-state index is -4.20. The van der Waals surface area contributed by atoms with E-state index in [-0.39, 0.29) is 29.1 Å². The molecule has 3 aromatic carbocycles. The number of carbonyl (C=O) groups excluding carboxylic acids is 2. The number of nitrogens with one attached hydrogen (secondary N) is 1. The van der Waals surface area contributed by atoms with Crippen LogP contribution in [0, 0.1) is 0 Å². The highest BCUT2D eigenvalue weighted by atomic mass is 35.5. The van der Waals surface area contributed by atoms with Crippen molar-refractivity contribution in [2.24, 2.45) is 0 Å². The molecule has 3 rings (SSSR count). The van der Waals surface area contributed by atoms with Gasteiger partial charge in [0.15, 0.2) is 0 Å². The summed E-state index contributed by atoms with van der Waals surface area (Å²) in [5.41, 5.74) is 1.04. The minimum Gasteiger partial charge on any atom is -0.497 e. The van der Waals surface area contributed by atoms with Crippen LogP contribution < -0.4 is 14.4 Å². The van der Waals surface area contributed by atoms with Gasteiger partial charge in [0, 0.05) is 17.6 Å². The summed E-state index contributed by atoms with van der Waals surface area (Å²) in [4.78, 5) is 28.5. The van der Waals surface area contributed by atoms with E-state index in [4.69, 9.17) is 16.3 Å². The molecule has 0 bridgehead atoms. The summed E-state index contributed by atoms with van der Waals surface area (Å²) in [5, 5.41) is 3.20. The average molecular weight is 572 g/mol. The second-order valence-corrected chi connectivity index (χ2v) is 11.6. The van der Waals surface area contributed by atoms with Gasteiger partial charge in [-0.25, -0.2) is 8.42 Å². The molecule has 0 saturated carbocycles. The lowest BCUT2D eigenvalue weighted by atomic mass is 10.1. The lowest BCUT2D eigenvalue weighted by Crippen LogP contribution is -2.53. The van der Waals surface area contributed by atoms with Crippen LogP contribution >= 0.6 is 11.6 Å². The second kappa shape index (κ2) is 13.5. The Kier molecular flexibility index (Phi) is 10.4. The number of ether oxygens (including phenoxy) is 1. The van der Waals surface area contributed by atoms with E-state index in [0.29, 0.717) is 17.2 Å². The molecule has 1 N–H and O–H groups in total. The molecule has 0 aromatic heterocycles. The molecule has 0 saturated heterocycles. The number of benzene rings is 3. The average Bonchev–Trinajstić information content (AvgIpc) is 2.91. The number of carbonyl (C=O) groups is 2. The Morgan fingerprint density at radius 1 is 0.974 bits per heavy atom. The molecule has 39 heavy (non-hydrogen) atoms. The fraction of sp³-hybridized carbons (Fsp3) is 0.310. The highest BCUT2D eigenvalue weighted by molar-refractivity contribution is 7.92. The topological polar surface area (TPSA) is 96.0 Å². The summed E-state index contributed by atoms with van der Waals surface area (Å²) in [5.74, 6) is -0.332. The van der Waals surface area contributed by atoms with Gasteiger partial charge in [-0.05, 0) is 68.3 Å². The van der Waals surface area contributed by atoms with Crippen LogP contribution in [0.4, 0.5) is 5.69 Å². The van der Waals surface area contributed by atoms with Gasteiger partial charge in [-0.15, -0.1) is 0 Å². The summed E-state index contributed by atoms with van der Waals surface area (Å²) in [6.07, 6.45) is 0.347. The summed E-state index contributed by atoms with van der Waals surface area (Å²) in [7, 11) is -2.71. The van der Waals surface area contributed by atoms with E-state index >= 15 is 0 Å². The van der Waals surface area contributed by atoms with Gasteiger partial charge in [-0.1, -0.05) is 54.9 Å². The van der Waals surface area contributed by atoms with Crippen LogP contribution in [0.5, 0.6) is 5.75 Å². The van der Waals surface area contributed by atoms with Crippen molar-refractivity contribution in [3.63, 3.8) is 0 Å². The van der Waals surface area contributed by atoms with E-state index in [9.17, 15) is 18.0 Å². The molecule has 0 fully saturated rings. The van der Waals surface area contributed by atoms with Crippen LogP contribution in [-0.2, 0) is 26.2 Å². The summed E-state index contributed by atoms with van der Waals surface area (Å²) in [6.45, 7) is 5.11. The minimum absolute atomic E-state index is 0.0183. The molecule has 8 nitrogen and oxygen atoms in total. The molecule has 208 valence electrons. The first-order chi connectivity index (χ1) is 18.6. The Hall–Kier alpha value is -3.56. The number of hydrogen-bond donors (Lipinski definition) is 1. The van der Waals surface area contributed by atoms with Crippen molar-refractivity contribution < 1.29 is 22.7 Å². The van der Waals surface area contributed by atoms with Crippen molar-refractivity contribution in [2.45, 2.75) is 50.7 Å². The van der Waals surface area contributed by atoms with Gasteiger partial charge >= 0.3 is 0 Å². The third kappa shape index (κ3) is 7.74. The maximum atomic E-state index is 14.0. The monoisotopic (exact) mass is 571 g/mol. The highest BCUT2D eigenvalue weighted by Gasteiger charge is 2.34. The SMILES string of the molecule is CC[C@H](C(=O)NC(C)C)N(Cc1ccccc1)C(=O)CN(c1cccc(Cl)c1)S(=O)(=O)c1ccc(OC)cc1. The van der Waals surface area contributed by atoms with Gasteiger partial charge in [0.25, 0.3) is 10.0 Å². The number of rotatable bonds is 12.